The van der Waals surface area contributed by atoms with E-state index < -0.39 is 11.7 Å². The minimum absolute atomic E-state index is 0.132. The van der Waals surface area contributed by atoms with Crippen molar-refractivity contribution in [1.29, 1.82) is 0 Å². The van der Waals surface area contributed by atoms with E-state index in [0.29, 0.717) is 37.3 Å². The monoisotopic (exact) mass is 454 g/mol. The Labute approximate surface area is 190 Å². The summed E-state index contributed by atoms with van der Waals surface area (Å²) in [6, 6.07) is 5.50. The SMILES string of the molecule is CC1=NC2=NC(C(=O)N3C[C@H]4CC(c5ccccc5C(F)(F)F)C[C@H]4C3)=NC2/C=C/C(C)=C\1. The highest BCUT2D eigenvalue weighted by molar-refractivity contribution is 6.42. The number of nitrogens with zero attached hydrogens (tertiary/aromatic N) is 4. The Balaban J connectivity index is 1.28. The number of alkyl halides is 3. The molecule has 2 fully saturated rings. The Morgan fingerprint density at radius 1 is 1.06 bits per heavy atom. The third kappa shape index (κ3) is 4.18. The van der Waals surface area contributed by atoms with Crippen LogP contribution in [-0.2, 0) is 11.0 Å². The zero-order valence-electron chi connectivity index (χ0n) is 18.5. The molecule has 3 aliphatic heterocycles. The van der Waals surface area contributed by atoms with E-state index in [1.165, 1.54) is 6.07 Å². The Morgan fingerprint density at radius 2 is 1.76 bits per heavy atom. The van der Waals surface area contributed by atoms with Crippen LogP contribution in [0.3, 0.4) is 0 Å². The van der Waals surface area contributed by atoms with Gasteiger partial charge in [-0.3, -0.25) is 4.79 Å². The van der Waals surface area contributed by atoms with Gasteiger partial charge < -0.3 is 4.90 Å². The van der Waals surface area contributed by atoms with E-state index >= 15 is 0 Å². The second-order valence-corrected chi connectivity index (χ2v) is 9.35. The fourth-order valence-electron chi connectivity index (χ4n) is 5.52. The summed E-state index contributed by atoms with van der Waals surface area (Å²) in [5.74, 6) is 0.703. The Hall–Kier alpha value is -3.03. The predicted octanol–water partition coefficient (Wildman–Crippen LogP) is 4.81. The van der Waals surface area contributed by atoms with Gasteiger partial charge in [0.15, 0.2) is 5.84 Å². The number of aliphatic imine (C=N–C) groups is 3. The maximum absolute atomic E-state index is 13.5. The van der Waals surface area contributed by atoms with E-state index in [1.54, 1.807) is 17.0 Å². The second kappa shape index (κ2) is 8.08. The molecule has 1 aliphatic carbocycles. The topological polar surface area (TPSA) is 57.4 Å². The maximum Gasteiger partial charge on any atom is 0.416 e. The summed E-state index contributed by atoms with van der Waals surface area (Å²) in [6.45, 7) is 4.92. The largest absolute Gasteiger partial charge is 0.416 e. The number of allylic oxidation sites excluding steroid dienone is 3. The number of fused-ring (bicyclic) bond motifs is 2. The first-order valence-electron chi connectivity index (χ1n) is 11.2. The highest BCUT2D eigenvalue weighted by atomic mass is 19.4. The Bertz CT molecular complexity index is 1130. The Morgan fingerprint density at radius 3 is 2.45 bits per heavy atom. The minimum Gasteiger partial charge on any atom is -0.335 e. The number of carbonyl (C=O) groups is 1. The molecule has 2 unspecified atom stereocenters. The zero-order chi connectivity index (χ0) is 23.3. The van der Waals surface area contributed by atoms with E-state index in [4.69, 9.17) is 0 Å². The molecule has 8 heteroatoms. The van der Waals surface area contributed by atoms with E-state index in [1.807, 2.05) is 32.1 Å². The van der Waals surface area contributed by atoms with Gasteiger partial charge in [0.05, 0.1) is 5.56 Å². The van der Waals surface area contributed by atoms with Crippen LogP contribution in [0.2, 0.25) is 0 Å². The summed E-state index contributed by atoms with van der Waals surface area (Å²) >= 11 is 0. The summed E-state index contributed by atoms with van der Waals surface area (Å²) in [5, 5.41) is 0. The van der Waals surface area contributed by atoms with Gasteiger partial charge in [-0.15, -0.1) is 0 Å². The molecule has 33 heavy (non-hydrogen) atoms. The summed E-state index contributed by atoms with van der Waals surface area (Å²) < 4.78 is 40.4. The van der Waals surface area contributed by atoms with Crippen molar-refractivity contribution in [3.63, 3.8) is 0 Å². The van der Waals surface area contributed by atoms with Gasteiger partial charge in [0.1, 0.15) is 6.04 Å². The molecule has 0 spiro atoms. The van der Waals surface area contributed by atoms with E-state index in [2.05, 4.69) is 15.0 Å². The van der Waals surface area contributed by atoms with Gasteiger partial charge in [-0.25, -0.2) is 15.0 Å². The number of amides is 1. The lowest BCUT2D eigenvalue weighted by atomic mass is 9.91. The van der Waals surface area contributed by atoms with Crippen LogP contribution in [0, 0.1) is 11.8 Å². The highest BCUT2D eigenvalue weighted by Gasteiger charge is 2.46. The standard InChI is InChI=1S/C25H25F3N4O/c1-14-7-8-21-22(29-15(2)9-14)31-23(30-21)24(33)32-12-17-10-16(11-18(17)13-32)19-5-3-4-6-20(19)25(26,27)28/h3-9,16-18,21H,10-13H2,1-2H3/b8-7+,14-9-,29-15?/t16?,17-,18+,21?. The average Bonchev–Trinajstić information content (AvgIpc) is 3.43. The first-order chi connectivity index (χ1) is 15.7. The molecular weight excluding hydrogens is 429 g/mol. The molecule has 1 saturated carbocycles. The van der Waals surface area contributed by atoms with E-state index in [9.17, 15) is 18.0 Å². The smallest absolute Gasteiger partial charge is 0.335 e. The highest BCUT2D eigenvalue weighted by Crippen LogP contribution is 2.48. The number of amidine groups is 2. The fraction of sp³-hybridized carbons (Fsp3) is 0.440. The molecule has 4 aliphatic rings. The number of hydrogen-bond acceptors (Lipinski definition) is 4. The first kappa shape index (κ1) is 21.8. The minimum atomic E-state index is -4.35. The summed E-state index contributed by atoms with van der Waals surface area (Å²) in [7, 11) is 0. The molecule has 0 aromatic heterocycles. The van der Waals surface area contributed by atoms with Crippen molar-refractivity contribution in [1.82, 2.24) is 4.90 Å². The number of hydrogen-bond donors (Lipinski definition) is 0. The summed E-state index contributed by atoms with van der Waals surface area (Å²) in [4.78, 5) is 28.3. The van der Waals surface area contributed by atoms with Crippen LogP contribution >= 0.6 is 0 Å². The quantitative estimate of drug-likeness (QED) is 0.633. The number of rotatable bonds is 2. The van der Waals surface area contributed by atoms with Crippen molar-refractivity contribution in [2.75, 3.05) is 13.1 Å². The first-order valence-corrected chi connectivity index (χ1v) is 11.2. The van der Waals surface area contributed by atoms with Crippen LogP contribution in [0.15, 0.2) is 63.0 Å². The average molecular weight is 454 g/mol. The normalized spacial score (nSPS) is 31.5. The van der Waals surface area contributed by atoms with Gasteiger partial charge in [0.2, 0.25) is 5.84 Å². The third-order valence-electron chi connectivity index (χ3n) is 6.95. The molecule has 1 saturated heterocycles. The molecule has 0 N–H and O–H groups in total. The van der Waals surface area contributed by atoms with Crippen LogP contribution in [0.5, 0.6) is 0 Å². The lowest BCUT2D eigenvalue weighted by molar-refractivity contribution is -0.138. The summed E-state index contributed by atoms with van der Waals surface area (Å²) in [5.41, 5.74) is 1.70. The van der Waals surface area contributed by atoms with Crippen molar-refractivity contribution in [3.8, 4) is 0 Å². The van der Waals surface area contributed by atoms with Gasteiger partial charge in [-0.1, -0.05) is 30.4 Å². The summed E-state index contributed by atoms with van der Waals surface area (Å²) in [6.07, 6.45) is 2.75. The van der Waals surface area contributed by atoms with Crippen LogP contribution < -0.4 is 0 Å². The van der Waals surface area contributed by atoms with Crippen molar-refractivity contribution < 1.29 is 18.0 Å². The van der Waals surface area contributed by atoms with Gasteiger partial charge in [0, 0.05) is 18.8 Å². The molecule has 1 amide bonds. The predicted molar refractivity (Wildman–Crippen MR) is 122 cm³/mol. The van der Waals surface area contributed by atoms with Crippen LogP contribution in [0.4, 0.5) is 13.2 Å². The van der Waals surface area contributed by atoms with Crippen LogP contribution in [-0.4, -0.2) is 47.3 Å². The molecule has 4 atom stereocenters. The molecule has 1 aromatic carbocycles. The number of likely N-dealkylation sites (tertiary alicyclic amines) is 1. The van der Waals surface area contributed by atoms with E-state index in [-0.39, 0.29) is 35.5 Å². The van der Waals surface area contributed by atoms with Crippen molar-refractivity contribution in [2.45, 2.75) is 44.8 Å². The fourth-order valence-corrected chi connectivity index (χ4v) is 5.52. The number of benzene rings is 1. The van der Waals surface area contributed by atoms with Gasteiger partial charge in [-0.05, 0) is 67.7 Å². The molecule has 5 rings (SSSR count). The second-order valence-electron chi connectivity index (χ2n) is 9.35. The Kier molecular flexibility index (Phi) is 5.34. The number of carbonyl (C=O) groups excluding carboxylic acids is 1. The molecular formula is C25H25F3N4O. The number of halogens is 3. The van der Waals surface area contributed by atoms with Gasteiger partial charge in [0.25, 0.3) is 5.91 Å². The maximum atomic E-state index is 13.5. The van der Waals surface area contributed by atoms with Crippen molar-refractivity contribution in [2.24, 2.45) is 26.8 Å². The molecule has 1 aromatic rings. The molecule has 5 nitrogen and oxygen atoms in total. The lowest BCUT2D eigenvalue weighted by Gasteiger charge is -2.21. The lowest BCUT2D eigenvalue weighted by Crippen LogP contribution is -2.34. The molecule has 172 valence electrons. The van der Waals surface area contributed by atoms with Gasteiger partial charge in [-0.2, -0.15) is 13.2 Å². The molecule has 3 heterocycles. The van der Waals surface area contributed by atoms with Crippen LogP contribution in [0.1, 0.15) is 43.7 Å². The zero-order valence-corrected chi connectivity index (χ0v) is 18.5. The molecule has 0 bridgehead atoms. The van der Waals surface area contributed by atoms with Crippen molar-refractivity contribution >= 4 is 23.3 Å². The van der Waals surface area contributed by atoms with Crippen molar-refractivity contribution in [3.05, 3.63) is 59.2 Å². The van der Waals surface area contributed by atoms with E-state index in [0.717, 1.165) is 17.4 Å². The third-order valence-corrected chi connectivity index (χ3v) is 6.95. The molecule has 0 radical (unpaired) electrons. The van der Waals surface area contributed by atoms with Crippen LogP contribution in [0.25, 0.3) is 0 Å². The van der Waals surface area contributed by atoms with Gasteiger partial charge >= 0.3 is 6.18 Å².